The Morgan fingerprint density at radius 2 is 2.11 bits per heavy atom. The van der Waals surface area contributed by atoms with Gasteiger partial charge < -0.3 is 14.2 Å². The largest absolute Gasteiger partial charge is 0.497 e. The van der Waals surface area contributed by atoms with E-state index in [4.69, 9.17) is 9.72 Å². The Hall–Kier alpha value is -3.68. The van der Waals surface area contributed by atoms with Gasteiger partial charge in [-0.05, 0) is 18.2 Å². The lowest BCUT2D eigenvalue weighted by Crippen LogP contribution is -2.24. The minimum atomic E-state index is 0.673. The molecule has 0 radical (unpaired) electrons. The van der Waals surface area contributed by atoms with Crippen LogP contribution in [-0.4, -0.2) is 50.0 Å². The quantitative estimate of drug-likeness (QED) is 0.494. The molecule has 0 bridgehead atoms. The predicted octanol–water partition coefficient (Wildman–Crippen LogP) is 2.67. The zero-order chi connectivity index (χ0) is 19.3. The van der Waals surface area contributed by atoms with Gasteiger partial charge in [0.15, 0.2) is 0 Å². The molecule has 8 nitrogen and oxygen atoms in total. The van der Waals surface area contributed by atoms with Gasteiger partial charge in [0.25, 0.3) is 0 Å². The van der Waals surface area contributed by atoms with Crippen LogP contribution in [0.15, 0.2) is 67.6 Å². The zero-order valence-electron chi connectivity index (χ0n) is 15.8. The fourth-order valence-corrected chi connectivity index (χ4v) is 2.83. The Morgan fingerprint density at radius 1 is 1.18 bits per heavy atom. The van der Waals surface area contributed by atoms with Crippen molar-refractivity contribution in [3.05, 3.63) is 67.6 Å². The SMILES string of the molecule is COc1cccc(-n2cc(-c3ccnc(N(C)CCn4ccnc4)n3)cn2)c1. The van der Waals surface area contributed by atoms with E-state index >= 15 is 0 Å². The van der Waals surface area contributed by atoms with E-state index in [2.05, 4.69) is 15.1 Å². The summed E-state index contributed by atoms with van der Waals surface area (Å²) in [6.07, 6.45) is 11.0. The van der Waals surface area contributed by atoms with Crippen LogP contribution in [0.2, 0.25) is 0 Å². The van der Waals surface area contributed by atoms with Gasteiger partial charge >= 0.3 is 0 Å². The molecular weight excluding hydrogens is 354 g/mol. The topological polar surface area (TPSA) is 73.9 Å². The third kappa shape index (κ3) is 3.85. The van der Waals surface area contributed by atoms with Gasteiger partial charge in [-0.1, -0.05) is 6.07 Å². The van der Waals surface area contributed by atoms with Gasteiger partial charge in [0, 0.05) is 56.6 Å². The minimum absolute atomic E-state index is 0.673. The molecule has 0 amide bonds. The number of hydrogen-bond donors (Lipinski definition) is 0. The summed E-state index contributed by atoms with van der Waals surface area (Å²) in [6, 6.07) is 9.65. The highest BCUT2D eigenvalue weighted by atomic mass is 16.5. The lowest BCUT2D eigenvalue weighted by molar-refractivity contribution is 0.414. The monoisotopic (exact) mass is 375 g/mol. The number of rotatable bonds is 7. The van der Waals surface area contributed by atoms with Crippen molar-refractivity contribution in [1.29, 1.82) is 0 Å². The standard InChI is InChI=1S/C20H21N7O/c1-25(10-11-26-9-8-21-15-26)20-22-7-6-19(24-20)16-13-23-27(14-16)17-4-3-5-18(12-17)28-2/h3-9,12-15H,10-11H2,1-2H3. The molecule has 0 saturated carbocycles. The number of methoxy groups -OCH3 is 1. The highest BCUT2D eigenvalue weighted by molar-refractivity contribution is 5.59. The number of likely N-dealkylation sites (N-methyl/N-ethyl adjacent to an activating group) is 1. The van der Waals surface area contributed by atoms with Crippen molar-refractivity contribution >= 4 is 5.95 Å². The lowest BCUT2D eigenvalue weighted by atomic mass is 10.2. The third-order valence-electron chi connectivity index (χ3n) is 4.43. The smallest absolute Gasteiger partial charge is 0.225 e. The van der Waals surface area contributed by atoms with Crippen LogP contribution in [0.3, 0.4) is 0 Å². The Kier molecular flexibility index (Phi) is 5.01. The molecule has 0 atom stereocenters. The Bertz CT molecular complexity index is 1040. The maximum Gasteiger partial charge on any atom is 0.225 e. The van der Waals surface area contributed by atoms with Crippen molar-refractivity contribution in [2.24, 2.45) is 0 Å². The van der Waals surface area contributed by atoms with E-state index in [9.17, 15) is 0 Å². The van der Waals surface area contributed by atoms with E-state index in [1.807, 2.05) is 63.9 Å². The first-order valence-corrected chi connectivity index (χ1v) is 8.92. The first-order chi connectivity index (χ1) is 13.7. The normalized spacial score (nSPS) is 10.8. The van der Waals surface area contributed by atoms with Crippen molar-refractivity contribution in [2.75, 3.05) is 25.6 Å². The number of benzene rings is 1. The van der Waals surface area contributed by atoms with Gasteiger partial charge in [0.05, 0.1) is 31.0 Å². The number of anilines is 1. The second kappa shape index (κ2) is 7.91. The van der Waals surface area contributed by atoms with Crippen molar-refractivity contribution in [3.63, 3.8) is 0 Å². The molecule has 142 valence electrons. The van der Waals surface area contributed by atoms with Gasteiger partial charge in [-0.2, -0.15) is 5.10 Å². The summed E-state index contributed by atoms with van der Waals surface area (Å²) in [6.45, 7) is 1.60. The van der Waals surface area contributed by atoms with Crippen molar-refractivity contribution in [1.82, 2.24) is 29.3 Å². The molecule has 4 aromatic rings. The summed E-state index contributed by atoms with van der Waals surface area (Å²) < 4.78 is 9.12. The highest BCUT2D eigenvalue weighted by Gasteiger charge is 2.09. The molecule has 0 saturated heterocycles. The second-order valence-corrected chi connectivity index (χ2v) is 6.34. The molecular formula is C20H21N7O. The number of ether oxygens (including phenoxy) is 1. The second-order valence-electron chi connectivity index (χ2n) is 6.34. The molecule has 8 heteroatoms. The molecule has 28 heavy (non-hydrogen) atoms. The van der Waals surface area contributed by atoms with Crippen LogP contribution in [0.1, 0.15) is 0 Å². The van der Waals surface area contributed by atoms with Gasteiger partial charge in [-0.25, -0.2) is 19.6 Å². The molecule has 0 aliphatic rings. The van der Waals surface area contributed by atoms with E-state index in [1.54, 1.807) is 32.0 Å². The number of aromatic nitrogens is 6. The predicted molar refractivity (Wildman–Crippen MR) is 107 cm³/mol. The van der Waals surface area contributed by atoms with Gasteiger partial charge in [0.1, 0.15) is 5.75 Å². The summed E-state index contributed by atoms with van der Waals surface area (Å²) in [5.74, 6) is 1.46. The van der Waals surface area contributed by atoms with Crippen molar-refractivity contribution in [2.45, 2.75) is 6.54 Å². The van der Waals surface area contributed by atoms with E-state index in [1.165, 1.54) is 0 Å². The van der Waals surface area contributed by atoms with Crippen LogP contribution < -0.4 is 9.64 Å². The molecule has 0 aliphatic carbocycles. The molecule has 0 unspecified atom stereocenters. The lowest BCUT2D eigenvalue weighted by Gasteiger charge is -2.17. The van der Waals surface area contributed by atoms with Crippen LogP contribution in [-0.2, 0) is 6.54 Å². The number of hydrogen-bond acceptors (Lipinski definition) is 6. The Morgan fingerprint density at radius 3 is 2.93 bits per heavy atom. The van der Waals surface area contributed by atoms with Crippen LogP contribution in [0, 0.1) is 0 Å². The minimum Gasteiger partial charge on any atom is -0.497 e. The maximum atomic E-state index is 5.29. The molecule has 4 rings (SSSR count). The molecule has 0 N–H and O–H groups in total. The first-order valence-electron chi connectivity index (χ1n) is 8.92. The first kappa shape index (κ1) is 17.7. The van der Waals surface area contributed by atoms with Crippen LogP contribution in [0.4, 0.5) is 5.95 Å². The molecule has 1 aromatic carbocycles. The summed E-state index contributed by atoms with van der Waals surface area (Å²) in [5, 5.41) is 4.46. The maximum absolute atomic E-state index is 5.29. The Labute approximate surface area is 163 Å². The molecule has 3 heterocycles. The van der Waals surface area contributed by atoms with E-state index < -0.39 is 0 Å². The number of nitrogens with zero attached hydrogens (tertiary/aromatic N) is 7. The third-order valence-corrected chi connectivity index (χ3v) is 4.43. The van der Waals surface area contributed by atoms with Crippen LogP contribution >= 0.6 is 0 Å². The zero-order valence-corrected chi connectivity index (χ0v) is 15.8. The molecule has 0 spiro atoms. The van der Waals surface area contributed by atoms with Crippen LogP contribution in [0.5, 0.6) is 5.75 Å². The van der Waals surface area contributed by atoms with Crippen molar-refractivity contribution in [3.8, 4) is 22.7 Å². The van der Waals surface area contributed by atoms with Gasteiger partial charge in [0.2, 0.25) is 5.95 Å². The highest BCUT2D eigenvalue weighted by Crippen LogP contribution is 2.21. The van der Waals surface area contributed by atoms with Crippen molar-refractivity contribution < 1.29 is 4.74 Å². The summed E-state index contributed by atoms with van der Waals surface area (Å²) in [4.78, 5) is 15.2. The summed E-state index contributed by atoms with van der Waals surface area (Å²) in [5.41, 5.74) is 2.68. The summed E-state index contributed by atoms with van der Waals surface area (Å²) in [7, 11) is 3.63. The fourth-order valence-electron chi connectivity index (χ4n) is 2.83. The number of imidazole rings is 1. The van der Waals surface area contributed by atoms with Gasteiger partial charge in [-0.3, -0.25) is 0 Å². The fraction of sp³-hybridized carbons (Fsp3) is 0.200. The van der Waals surface area contributed by atoms with E-state index in [0.717, 1.165) is 35.8 Å². The average Bonchev–Trinajstić information content (AvgIpc) is 3.44. The summed E-state index contributed by atoms with van der Waals surface area (Å²) >= 11 is 0. The average molecular weight is 375 g/mol. The molecule has 0 fully saturated rings. The Balaban J connectivity index is 1.52. The molecule has 0 aliphatic heterocycles. The van der Waals surface area contributed by atoms with E-state index in [-0.39, 0.29) is 0 Å². The van der Waals surface area contributed by atoms with E-state index in [0.29, 0.717) is 5.95 Å². The van der Waals surface area contributed by atoms with Crippen LogP contribution in [0.25, 0.3) is 16.9 Å². The molecule has 3 aromatic heterocycles. The van der Waals surface area contributed by atoms with Gasteiger partial charge in [-0.15, -0.1) is 0 Å².